The Morgan fingerprint density at radius 1 is 1.33 bits per heavy atom. The molecule has 1 aromatic carbocycles. The lowest BCUT2D eigenvalue weighted by atomic mass is 10.1. The van der Waals surface area contributed by atoms with Crippen molar-refractivity contribution in [2.24, 2.45) is 7.05 Å². The van der Waals surface area contributed by atoms with Crippen LogP contribution in [0.5, 0.6) is 11.5 Å². The largest absolute Gasteiger partial charge is 0.451 e. The van der Waals surface area contributed by atoms with Gasteiger partial charge in [-0.1, -0.05) is 0 Å². The molecule has 0 fully saturated rings. The number of nitrogen functional groups attached to an aromatic ring is 1. The zero-order valence-electron chi connectivity index (χ0n) is 13.0. The highest BCUT2D eigenvalue weighted by Crippen LogP contribution is 2.32. The molecule has 21 heavy (non-hydrogen) atoms. The molecule has 2 rings (SSSR count). The number of hydrogen-bond acceptors (Lipinski definition) is 4. The SMILES string of the molecule is Cc1nn(C)c(C)c1Oc1cc(C(=O)N(C)C)ccc1N. The number of nitrogens with zero attached hydrogens (tertiary/aromatic N) is 3. The van der Waals surface area contributed by atoms with Gasteiger partial charge < -0.3 is 15.4 Å². The number of rotatable bonds is 3. The normalized spacial score (nSPS) is 10.5. The Bertz CT molecular complexity index is 689. The van der Waals surface area contributed by atoms with Crippen LogP contribution in [0.4, 0.5) is 5.69 Å². The van der Waals surface area contributed by atoms with Gasteiger partial charge in [-0.15, -0.1) is 0 Å². The van der Waals surface area contributed by atoms with Gasteiger partial charge in [0.05, 0.1) is 11.4 Å². The molecule has 2 N–H and O–H groups in total. The van der Waals surface area contributed by atoms with Gasteiger partial charge >= 0.3 is 0 Å². The number of benzene rings is 1. The molecule has 0 bridgehead atoms. The van der Waals surface area contributed by atoms with Crippen molar-refractivity contribution in [2.75, 3.05) is 19.8 Å². The fourth-order valence-electron chi connectivity index (χ4n) is 2.03. The molecular weight excluding hydrogens is 268 g/mol. The summed E-state index contributed by atoms with van der Waals surface area (Å²) in [6.07, 6.45) is 0. The highest BCUT2D eigenvalue weighted by atomic mass is 16.5. The topological polar surface area (TPSA) is 73.4 Å². The number of nitrogens with two attached hydrogens (primary N) is 1. The van der Waals surface area contributed by atoms with Crippen LogP contribution in [0.2, 0.25) is 0 Å². The first kappa shape index (κ1) is 14.9. The Kier molecular flexibility index (Phi) is 3.88. The molecule has 0 atom stereocenters. The van der Waals surface area contributed by atoms with Gasteiger partial charge in [0.25, 0.3) is 5.91 Å². The maximum atomic E-state index is 12.0. The first-order valence-electron chi connectivity index (χ1n) is 6.60. The molecule has 2 aromatic rings. The van der Waals surface area contributed by atoms with E-state index < -0.39 is 0 Å². The summed E-state index contributed by atoms with van der Waals surface area (Å²) in [7, 11) is 5.26. The van der Waals surface area contributed by atoms with Crippen LogP contribution in [-0.4, -0.2) is 34.7 Å². The fraction of sp³-hybridized carbons (Fsp3) is 0.333. The molecule has 0 aliphatic carbocycles. The van der Waals surface area contributed by atoms with E-state index in [0.717, 1.165) is 11.4 Å². The average Bonchev–Trinajstić information content (AvgIpc) is 2.66. The molecule has 1 heterocycles. The highest BCUT2D eigenvalue weighted by molar-refractivity contribution is 5.94. The van der Waals surface area contributed by atoms with Crippen molar-refractivity contribution >= 4 is 11.6 Å². The number of carbonyl (C=O) groups is 1. The number of aromatic nitrogens is 2. The molecule has 0 aliphatic rings. The zero-order valence-corrected chi connectivity index (χ0v) is 13.0. The molecule has 0 spiro atoms. The molecule has 6 nitrogen and oxygen atoms in total. The summed E-state index contributed by atoms with van der Waals surface area (Å²) in [6, 6.07) is 5.02. The zero-order chi connectivity index (χ0) is 15.7. The number of carbonyl (C=O) groups excluding carboxylic acids is 1. The van der Waals surface area contributed by atoms with Crippen LogP contribution in [0.15, 0.2) is 18.2 Å². The lowest BCUT2D eigenvalue weighted by Gasteiger charge is -2.13. The first-order chi connectivity index (χ1) is 9.81. The van der Waals surface area contributed by atoms with Crippen molar-refractivity contribution in [2.45, 2.75) is 13.8 Å². The molecule has 1 aromatic heterocycles. The van der Waals surface area contributed by atoms with Gasteiger partial charge in [-0.3, -0.25) is 9.48 Å². The third-order valence-electron chi connectivity index (χ3n) is 3.32. The molecule has 0 unspecified atom stereocenters. The molecule has 6 heteroatoms. The van der Waals surface area contributed by atoms with Gasteiger partial charge in [0.15, 0.2) is 11.5 Å². The monoisotopic (exact) mass is 288 g/mol. The Morgan fingerprint density at radius 2 is 2.00 bits per heavy atom. The maximum Gasteiger partial charge on any atom is 0.253 e. The minimum Gasteiger partial charge on any atom is -0.451 e. The predicted octanol–water partition coefficient (Wildman–Crippen LogP) is 2.11. The smallest absolute Gasteiger partial charge is 0.253 e. The van der Waals surface area contributed by atoms with Gasteiger partial charge in [-0.05, 0) is 32.0 Å². The Hall–Kier alpha value is -2.50. The van der Waals surface area contributed by atoms with Gasteiger partial charge in [-0.2, -0.15) is 5.10 Å². The van der Waals surface area contributed by atoms with Crippen molar-refractivity contribution in [1.82, 2.24) is 14.7 Å². The van der Waals surface area contributed by atoms with Crippen molar-refractivity contribution in [3.63, 3.8) is 0 Å². The molecular formula is C15H20N4O2. The van der Waals surface area contributed by atoms with Crippen LogP contribution in [0, 0.1) is 13.8 Å². The summed E-state index contributed by atoms with van der Waals surface area (Å²) in [5, 5.41) is 4.30. The van der Waals surface area contributed by atoms with Crippen molar-refractivity contribution in [3.8, 4) is 11.5 Å². The molecule has 0 aliphatic heterocycles. The average molecular weight is 288 g/mol. The number of amides is 1. The van der Waals surface area contributed by atoms with Gasteiger partial charge in [-0.25, -0.2) is 0 Å². The second-order valence-corrected chi connectivity index (χ2v) is 5.18. The van der Waals surface area contributed by atoms with E-state index >= 15 is 0 Å². The van der Waals surface area contributed by atoms with Crippen molar-refractivity contribution in [1.29, 1.82) is 0 Å². The summed E-state index contributed by atoms with van der Waals surface area (Å²) in [5.74, 6) is 1.03. The fourth-order valence-corrected chi connectivity index (χ4v) is 2.03. The van der Waals surface area contributed by atoms with Crippen LogP contribution in [0.25, 0.3) is 0 Å². The third-order valence-corrected chi connectivity index (χ3v) is 3.32. The summed E-state index contributed by atoms with van der Waals surface area (Å²) in [4.78, 5) is 13.5. The van der Waals surface area contributed by atoms with E-state index in [4.69, 9.17) is 10.5 Å². The minimum atomic E-state index is -0.0977. The lowest BCUT2D eigenvalue weighted by molar-refractivity contribution is 0.0827. The van der Waals surface area contributed by atoms with Crippen LogP contribution >= 0.6 is 0 Å². The van der Waals surface area contributed by atoms with Crippen LogP contribution < -0.4 is 10.5 Å². The van der Waals surface area contributed by atoms with E-state index in [9.17, 15) is 4.79 Å². The summed E-state index contributed by atoms with van der Waals surface area (Å²) in [5.41, 5.74) is 8.63. The molecule has 0 saturated carbocycles. The highest BCUT2D eigenvalue weighted by Gasteiger charge is 2.15. The summed E-state index contributed by atoms with van der Waals surface area (Å²) < 4.78 is 7.63. The lowest BCUT2D eigenvalue weighted by Crippen LogP contribution is -2.21. The summed E-state index contributed by atoms with van der Waals surface area (Å²) >= 11 is 0. The van der Waals surface area contributed by atoms with E-state index in [1.54, 1.807) is 37.0 Å². The molecule has 112 valence electrons. The van der Waals surface area contributed by atoms with Gasteiger partial charge in [0, 0.05) is 26.7 Å². The van der Waals surface area contributed by atoms with Gasteiger partial charge in [0.1, 0.15) is 5.69 Å². The van der Waals surface area contributed by atoms with Crippen LogP contribution in [0.1, 0.15) is 21.7 Å². The van der Waals surface area contributed by atoms with E-state index in [0.29, 0.717) is 22.7 Å². The minimum absolute atomic E-state index is 0.0977. The maximum absolute atomic E-state index is 12.0. The number of ether oxygens (including phenoxy) is 1. The Morgan fingerprint density at radius 3 is 2.52 bits per heavy atom. The van der Waals surface area contributed by atoms with E-state index in [-0.39, 0.29) is 5.91 Å². The van der Waals surface area contributed by atoms with Crippen LogP contribution in [-0.2, 0) is 7.05 Å². The van der Waals surface area contributed by atoms with Crippen molar-refractivity contribution in [3.05, 3.63) is 35.2 Å². The standard InChI is InChI=1S/C15H20N4O2/c1-9-14(10(2)19(5)17-9)21-13-8-11(6-7-12(13)16)15(20)18(3)4/h6-8H,16H2,1-5H3. The van der Waals surface area contributed by atoms with Gasteiger partial charge in [0.2, 0.25) is 0 Å². The number of hydrogen-bond donors (Lipinski definition) is 1. The summed E-state index contributed by atoms with van der Waals surface area (Å²) in [6.45, 7) is 3.79. The quantitative estimate of drug-likeness (QED) is 0.878. The molecule has 0 saturated heterocycles. The number of anilines is 1. The van der Waals surface area contributed by atoms with E-state index in [1.165, 1.54) is 4.90 Å². The Balaban J connectivity index is 2.40. The first-order valence-corrected chi connectivity index (χ1v) is 6.60. The van der Waals surface area contributed by atoms with Crippen LogP contribution in [0.3, 0.4) is 0 Å². The van der Waals surface area contributed by atoms with E-state index in [1.807, 2.05) is 20.9 Å². The predicted molar refractivity (Wildman–Crippen MR) is 81.6 cm³/mol. The van der Waals surface area contributed by atoms with E-state index in [2.05, 4.69) is 5.10 Å². The second kappa shape index (κ2) is 5.47. The molecule has 0 radical (unpaired) electrons. The second-order valence-electron chi connectivity index (χ2n) is 5.18. The Labute approximate surface area is 124 Å². The third kappa shape index (κ3) is 2.84. The number of aryl methyl sites for hydroxylation is 2. The molecule has 1 amide bonds. The van der Waals surface area contributed by atoms with Crippen molar-refractivity contribution < 1.29 is 9.53 Å².